The van der Waals surface area contributed by atoms with Gasteiger partial charge in [-0.05, 0) is 37.0 Å². The molecule has 24 heavy (non-hydrogen) atoms. The van der Waals surface area contributed by atoms with E-state index in [2.05, 4.69) is 44.7 Å². The number of thioether (sulfide) groups is 1. The maximum Gasteiger partial charge on any atom is 0.405 e. The Morgan fingerprint density at radius 2 is 2.04 bits per heavy atom. The third kappa shape index (κ3) is 8.31. The van der Waals surface area contributed by atoms with Crippen LogP contribution >= 0.6 is 11.8 Å². The fraction of sp³-hybridized carbons (Fsp3) is 0.550. The Morgan fingerprint density at radius 1 is 1.29 bits per heavy atom. The van der Waals surface area contributed by atoms with Gasteiger partial charge in [0.1, 0.15) is 0 Å². The standard InChI is InChI=1S/C20H29NO2S/c1-4-7-10-18(23-20(21)22)13-12-17-9-8-11-19(14-17)24-15-16(5-2)6-3/h8-9,11,14,16,18H,4-7,10,15H2,1-3H3,(H2,21,22). The van der Waals surface area contributed by atoms with Crippen LogP contribution in [0.2, 0.25) is 0 Å². The Labute approximate surface area is 150 Å². The summed E-state index contributed by atoms with van der Waals surface area (Å²) in [4.78, 5) is 12.2. The van der Waals surface area contributed by atoms with Gasteiger partial charge in [0.15, 0.2) is 6.10 Å². The average Bonchev–Trinajstić information content (AvgIpc) is 2.58. The number of amides is 1. The van der Waals surface area contributed by atoms with Gasteiger partial charge in [-0.3, -0.25) is 0 Å². The summed E-state index contributed by atoms with van der Waals surface area (Å²) in [7, 11) is 0. The first-order chi connectivity index (χ1) is 11.6. The van der Waals surface area contributed by atoms with Crippen LogP contribution in [0, 0.1) is 17.8 Å². The molecule has 1 rings (SSSR count). The van der Waals surface area contributed by atoms with Gasteiger partial charge in [0.05, 0.1) is 0 Å². The molecule has 0 radical (unpaired) electrons. The molecule has 0 aromatic heterocycles. The predicted octanol–water partition coefficient (Wildman–Crippen LogP) is 5.22. The summed E-state index contributed by atoms with van der Waals surface area (Å²) in [6.45, 7) is 6.58. The molecule has 0 bridgehead atoms. The lowest BCUT2D eigenvalue weighted by Crippen LogP contribution is -2.21. The van der Waals surface area contributed by atoms with Gasteiger partial charge in [0.2, 0.25) is 0 Å². The molecule has 0 spiro atoms. The maximum absolute atomic E-state index is 11.0. The zero-order chi connectivity index (χ0) is 17.8. The topological polar surface area (TPSA) is 52.3 Å². The summed E-state index contributed by atoms with van der Waals surface area (Å²) in [6.07, 6.45) is 3.94. The number of unbranched alkanes of at least 4 members (excludes halogenated alkanes) is 1. The van der Waals surface area contributed by atoms with Crippen LogP contribution in [0.25, 0.3) is 0 Å². The van der Waals surface area contributed by atoms with Crippen LogP contribution in [0.3, 0.4) is 0 Å². The van der Waals surface area contributed by atoms with E-state index in [0.29, 0.717) is 0 Å². The van der Waals surface area contributed by atoms with Crippen molar-refractivity contribution in [1.82, 2.24) is 0 Å². The molecular weight excluding hydrogens is 318 g/mol. The Kier molecular flexibility index (Phi) is 10.1. The molecule has 0 aliphatic carbocycles. The minimum Gasteiger partial charge on any atom is -0.433 e. The minimum atomic E-state index is -0.764. The summed E-state index contributed by atoms with van der Waals surface area (Å²) in [5.41, 5.74) is 6.06. The Bertz CT molecular complexity index is 558. The molecule has 1 unspecified atom stereocenters. The number of carbonyl (C=O) groups is 1. The van der Waals surface area contributed by atoms with Crippen molar-refractivity contribution in [3.05, 3.63) is 29.8 Å². The molecule has 1 atom stereocenters. The van der Waals surface area contributed by atoms with Crippen molar-refractivity contribution in [3.8, 4) is 11.8 Å². The van der Waals surface area contributed by atoms with E-state index in [1.807, 2.05) is 23.9 Å². The normalized spacial score (nSPS) is 11.7. The van der Waals surface area contributed by atoms with Crippen molar-refractivity contribution in [3.63, 3.8) is 0 Å². The van der Waals surface area contributed by atoms with E-state index < -0.39 is 12.2 Å². The van der Waals surface area contributed by atoms with Crippen molar-refractivity contribution >= 4 is 17.9 Å². The van der Waals surface area contributed by atoms with Crippen molar-refractivity contribution in [2.75, 3.05) is 5.75 Å². The van der Waals surface area contributed by atoms with E-state index >= 15 is 0 Å². The maximum atomic E-state index is 11.0. The highest BCUT2D eigenvalue weighted by Crippen LogP contribution is 2.24. The van der Waals surface area contributed by atoms with E-state index in [4.69, 9.17) is 10.5 Å². The summed E-state index contributed by atoms with van der Waals surface area (Å²) in [6, 6.07) is 8.22. The highest BCUT2D eigenvalue weighted by Gasteiger charge is 2.08. The van der Waals surface area contributed by atoms with Gasteiger partial charge in [-0.1, -0.05) is 57.9 Å². The number of ether oxygens (including phenoxy) is 1. The summed E-state index contributed by atoms with van der Waals surface area (Å²) in [5.74, 6) is 8.04. The van der Waals surface area contributed by atoms with Gasteiger partial charge in [-0.2, -0.15) is 0 Å². The van der Waals surface area contributed by atoms with Gasteiger partial charge in [-0.15, -0.1) is 11.8 Å². The van der Waals surface area contributed by atoms with Crippen LogP contribution in [0.15, 0.2) is 29.2 Å². The minimum absolute atomic E-state index is 0.427. The van der Waals surface area contributed by atoms with Crippen LogP contribution < -0.4 is 5.73 Å². The summed E-state index contributed by atoms with van der Waals surface area (Å²) in [5, 5.41) is 0. The number of hydrogen-bond donors (Lipinski definition) is 1. The number of nitrogens with two attached hydrogens (primary N) is 1. The second-order valence-electron chi connectivity index (χ2n) is 5.86. The van der Waals surface area contributed by atoms with Crippen LogP contribution in [-0.4, -0.2) is 18.0 Å². The number of carbonyl (C=O) groups excluding carboxylic acids is 1. The summed E-state index contributed by atoms with van der Waals surface area (Å²) < 4.78 is 5.07. The van der Waals surface area contributed by atoms with Gasteiger partial charge < -0.3 is 10.5 Å². The molecule has 4 heteroatoms. The van der Waals surface area contributed by atoms with Gasteiger partial charge in [0.25, 0.3) is 0 Å². The molecule has 0 fully saturated rings. The van der Waals surface area contributed by atoms with Crippen LogP contribution in [0.5, 0.6) is 0 Å². The van der Waals surface area contributed by atoms with Gasteiger partial charge in [-0.25, -0.2) is 4.79 Å². The number of hydrogen-bond acceptors (Lipinski definition) is 3. The van der Waals surface area contributed by atoms with Crippen LogP contribution in [0.4, 0.5) is 4.79 Å². The smallest absolute Gasteiger partial charge is 0.405 e. The molecule has 1 aromatic carbocycles. The lowest BCUT2D eigenvalue weighted by atomic mass is 10.1. The SMILES string of the molecule is CCCCC(C#Cc1cccc(SCC(CC)CC)c1)OC(N)=O. The molecular formula is C20H29NO2S. The van der Waals surface area contributed by atoms with E-state index in [1.54, 1.807) is 0 Å². The van der Waals surface area contributed by atoms with E-state index in [-0.39, 0.29) is 0 Å². The first-order valence-corrected chi connectivity index (χ1v) is 9.78. The van der Waals surface area contributed by atoms with Gasteiger partial charge >= 0.3 is 6.09 Å². The molecule has 0 aliphatic rings. The fourth-order valence-electron chi connectivity index (χ4n) is 2.26. The molecule has 2 N–H and O–H groups in total. The number of rotatable bonds is 9. The zero-order valence-electron chi connectivity index (χ0n) is 15.0. The van der Waals surface area contributed by atoms with Gasteiger partial charge in [0, 0.05) is 16.2 Å². The fourth-order valence-corrected chi connectivity index (χ4v) is 3.54. The predicted molar refractivity (Wildman–Crippen MR) is 102 cm³/mol. The quantitative estimate of drug-likeness (QED) is 0.492. The summed E-state index contributed by atoms with van der Waals surface area (Å²) >= 11 is 1.88. The molecule has 3 nitrogen and oxygen atoms in total. The molecule has 0 aliphatic heterocycles. The highest BCUT2D eigenvalue weighted by molar-refractivity contribution is 7.99. The second-order valence-corrected chi connectivity index (χ2v) is 6.95. The lowest BCUT2D eigenvalue weighted by molar-refractivity contribution is 0.128. The first kappa shape index (κ1) is 20.4. The lowest BCUT2D eigenvalue weighted by Gasteiger charge is -2.11. The van der Waals surface area contributed by atoms with E-state index in [9.17, 15) is 4.79 Å². The molecule has 1 aromatic rings. The Morgan fingerprint density at radius 3 is 2.67 bits per heavy atom. The van der Waals surface area contributed by atoms with Crippen molar-refractivity contribution in [1.29, 1.82) is 0 Å². The number of primary amides is 1. The largest absolute Gasteiger partial charge is 0.433 e. The second kappa shape index (κ2) is 11.9. The monoisotopic (exact) mass is 347 g/mol. The number of benzene rings is 1. The third-order valence-electron chi connectivity index (χ3n) is 3.93. The molecule has 1 amide bonds. The Balaban J connectivity index is 2.72. The van der Waals surface area contributed by atoms with Crippen molar-refractivity contribution in [2.24, 2.45) is 11.7 Å². The van der Waals surface area contributed by atoms with Crippen molar-refractivity contribution in [2.45, 2.75) is 63.9 Å². The average molecular weight is 348 g/mol. The Hall–Kier alpha value is -1.60. The third-order valence-corrected chi connectivity index (χ3v) is 5.16. The van der Waals surface area contributed by atoms with Crippen molar-refractivity contribution < 1.29 is 9.53 Å². The molecule has 0 saturated carbocycles. The van der Waals surface area contributed by atoms with Crippen LogP contribution in [-0.2, 0) is 4.74 Å². The van der Waals surface area contributed by atoms with Crippen LogP contribution in [0.1, 0.15) is 58.4 Å². The van der Waals surface area contributed by atoms with E-state index in [0.717, 1.165) is 36.5 Å². The highest BCUT2D eigenvalue weighted by atomic mass is 32.2. The first-order valence-electron chi connectivity index (χ1n) is 8.79. The molecule has 0 saturated heterocycles. The zero-order valence-corrected chi connectivity index (χ0v) is 15.8. The molecule has 0 heterocycles. The van der Waals surface area contributed by atoms with E-state index in [1.165, 1.54) is 17.7 Å². The molecule has 132 valence electrons.